The van der Waals surface area contributed by atoms with E-state index in [1.807, 2.05) is 12.1 Å². The summed E-state index contributed by atoms with van der Waals surface area (Å²) in [4.78, 5) is 0.318. The van der Waals surface area contributed by atoms with Crippen molar-refractivity contribution in [1.82, 2.24) is 4.31 Å². The van der Waals surface area contributed by atoms with Gasteiger partial charge in [-0.15, -0.1) is 0 Å². The van der Waals surface area contributed by atoms with E-state index in [4.69, 9.17) is 4.74 Å². The van der Waals surface area contributed by atoms with Crippen LogP contribution < -0.4 is 5.32 Å². The van der Waals surface area contributed by atoms with Crippen LogP contribution in [0.1, 0.15) is 19.3 Å². The largest absolute Gasteiger partial charge is 0.385 e. The minimum atomic E-state index is -3.35. The van der Waals surface area contributed by atoms with Gasteiger partial charge in [0.2, 0.25) is 10.0 Å². The molecular formula is C15H24N2O3S. The van der Waals surface area contributed by atoms with Crippen molar-refractivity contribution in [2.45, 2.75) is 24.2 Å². The molecule has 1 aliphatic rings. The average Bonchev–Trinajstić information content (AvgIpc) is 3.24. The fourth-order valence-corrected chi connectivity index (χ4v) is 3.16. The first-order valence-electron chi connectivity index (χ1n) is 7.15. The van der Waals surface area contributed by atoms with E-state index in [1.54, 1.807) is 19.2 Å². The summed E-state index contributed by atoms with van der Waals surface area (Å²) in [5.74, 6) is 0. The Labute approximate surface area is 127 Å². The van der Waals surface area contributed by atoms with E-state index >= 15 is 0 Å². The highest BCUT2D eigenvalue weighted by atomic mass is 32.2. The van der Waals surface area contributed by atoms with Crippen molar-refractivity contribution < 1.29 is 13.2 Å². The van der Waals surface area contributed by atoms with E-state index in [1.165, 1.54) is 31.2 Å². The Morgan fingerprint density at radius 2 is 1.86 bits per heavy atom. The van der Waals surface area contributed by atoms with E-state index in [0.29, 0.717) is 10.3 Å². The lowest BCUT2D eigenvalue weighted by Crippen LogP contribution is -2.22. The summed E-state index contributed by atoms with van der Waals surface area (Å²) in [5, 5.41) is 3.40. The number of hydrogen-bond donors (Lipinski definition) is 1. The lowest BCUT2D eigenvalue weighted by atomic mass is 10.0. The number of sulfonamides is 1. The molecule has 2 rings (SSSR count). The van der Waals surface area contributed by atoms with Gasteiger partial charge in [0.05, 0.1) is 4.90 Å². The highest BCUT2D eigenvalue weighted by molar-refractivity contribution is 7.89. The van der Waals surface area contributed by atoms with Crippen LogP contribution >= 0.6 is 0 Å². The number of hydrogen-bond acceptors (Lipinski definition) is 4. The van der Waals surface area contributed by atoms with Gasteiger partial charge in [0.1, 0.15) is 0 Å². The number of anilines is 1. The van der Waals surface area contributed by atoms with Crippen LogP contribution in [0.3, 0.4) is 0 Å². The van der Waals surface area contributed by atoms with Gasteiger partial charge in [-0.05, 0) is 48.9 Å². The first-order valence-corrected chi connectivity index (χ1v) is 8.59. The number of nitrogens with zero attached hydrogens (tertiary/aromatic N) is 1. The molecule has 0 spiro atoms. The zero-order chi connectivity index (χ0) is 15.5. The third-order valence-corrected chi connectivity index (χ3v) is 5.92. The van der Waals surface area contributed by atoms with E-state index in [9.17, 15) is 8.42 Å². The van der Waals surface area contributed by atoms with Crippen LogP contribution in [-0.2, 0) is 14.8 Å². The molecule has 0 amide bonds. The smallest absolute Gasteiger partial charge is 0.242 e. The molecule has 6 heteroatoms. The molecule has 1 aliphatic carbocycles. The third kappa shape index (κ3) is 3.96. The Hall–Kier alpha value is -1.11. The minimum absolute atomic E-state index is 0.318. The summed E-state index contributed by atoms with van der Waals surface area (Å²) in [7, 11) is 1.45. The maximum absolute atomic E-state index is 12.0. The second-order valence-electron chi connectivity index (χ2n) is 5.91. The van der Waals surface area contributed by atoms with E-state index in [-0.39, 0.29) is 0 Å². The Bertz CT molecular complexity index is 563. The molecule has 118 valence electrons. The van der Waals surface area contributed by atoms with Gasteiger partial charge < -0.3 is 10.1 Å². The van der Waals surface area contributed by atoms with Gasteiger partial charge in [0.15, 0.2) is 0 Å². The Balaban J connectivity index is 1.95. The van der Waals surface area contributed by atoms with E-state index in [0.717, 1.165) is 25.3 Å². The van der Waals surface area contributed by atoms with Crippen molar-refractivity contribution >= 4 is 15.7 Å². The molecule has 1 saturated carbocycles. The van der Waals surface area contributed by atoms with Gasteiger partial charge in [-0.3, -0.25) is 0 Å². The number of benzene rings is 1. The normalized spacial score (nSPS) is 17.0. The zero-order valence-electron chi connectivity index (χ0n) is 12.9. The first-order chi connectivity index (χ1) is 9.89. The molecule has 1 N–H and O–H groups in total. The van der Waals surface area contributed by atoms with Gasteiger partial charge in [-0.1, -0.05) is 0 Å². The number of methoxy groups -OCH3 is 1. The van der Waals surface area contributed by atoms with E-state index < -0.39 is 10.0 Å². The van der Waals surface area contributed by atoms with Crippen LogP contribution in [0, 0.1) is 5.41 Å². The Kier molecular flexibility index (Phi) is 4.91. The Morgan fingerprint density at radius 1 is 1.24 bits per heavy atom. The zero-order valence-corrected chi connectivity index (χ0v) is 13.7. The minimum Gasteiger partial charge on any atom is -0.385 e. The van der Waals surface area contributed by atoms with Gasteiger partial charge in [-0.25, -0.2) is 12.7 Å². The number of ether oxygens (including phenoxy) is 1. The lowest BCUT2D eigenvalue weighted by Gasteiger charge is -2.17. The highest BCUT2D eigenvalue weighted by Crippen LogP contribution is 2.48. The predicted octanol–water partition coefficient (Wildman–Crippen LogP) is 2.17. The molecule has 0 saturated heterocycles. The maximum Gasteiger partial charge on any atom is 0.242 e. The van der Waals surface area contributed by atoms with Crippen molar-refractivity contribution in [2.24, 2.45) is 5.41 Å². The molecule has 0 aromatic heterocycles. The molecule has 0 unspecified atom stereocenters. The summed E-state index contributed by atoms with van der Waals surface area (Å²) < 4.78 is 30.3. The summed E-state index contributed by atoms with van der Waals surface area (Å²) in [6.07, 6.45) is 3.54. The van der Waals surface area contributed by atoms with E-state index in [2.05, 4.69) is 5.32 Å². The summed E-state index contributed by atoms with van der Waals surface area (Å²) in [6, 6.07) is 6.93. The van der Waals surface area contributed by atoms with Gasteiger partial charge in [0.25, 0.3) is 0 Å². The molecule has 0 heterocycles. The molecular weight excluding hydrogens is 288 g/mol. The predicted molar refractivity (Wildman–Crippen MR) is 84.0 cm³/mol. The van der Waals surface area contributed by atoms with Crippen LogP contribution in [0.15, 0.2) is 29.2 Å². The Morgan fingerprint density at radius 3 is 2.33 bits per heavy atom. The molecule has 0 atom stereocenters. The SMILES string of the molecule is COCCC1(CNc2ccc(S(=O)(=O)N(C)C)cc2)CC1. The second-order valence-corrected chi connectivity index (χ2v) is 8.06. The first kappa shape index (κ1) is 16.3. The molecule has 1 aromatic carbocycles. The monoisotopic (exact) mass is 312 g/mol. The van der Waals surface area contributed by atoms with Crippen molar-refractivity contribution in [3.05, 3.63) is 24.3 Å². The van der Waals surface area contributed by atoms with Gasteiger partial charge in [0, 0.05) is 40.0 Å². The molecule has 21 heavy (non-hydrogen) atoms. The molecule has 0 radical (unpaired) electrons. The fourth-order valence-electron chi connectivity index (χ4n) is 2.26. The van der Waals surface area contributed by atoms with Crippen molar-refractivity contribution in [3.63, 3.8) is 0 Å². The quantitative estimate of drug-likeness (QED) is 0.799. The van der Waals surface area contributed by atoms with Crippen LogP contribution in [0.5, 0.6) is 0 Å². The van der Waals surface area contributed by atoms with Crippen molar-refractivity contribution in [1.29, 1.82) is 0 Å². The lowest BCUT2D eigenvalue weighted by molar-refractivity contribution is 0.175. The van der Waals surface area contributed by atoms with Gasteiger partial charge in [-0.2, -0.15) is 0 Å². The summed E-state index contributed by atoms with van der Waals surface area (Å²) >= 11 is 0. The van der Waals surface area contributed by atoms with Crippen molar-refractivity contribution in [2.75, 3.05) is 39.7 Å². The highest BCUT2D eigenvalue weighted by Gasteiger charge is 2.41. The maximum atomic E-state index is 12.0. The summed E-state index contributed by atoms with van der Waals surface area (Å²) in [5.41, 5.74) is 1.32. The number of rotatable bonds is 8. The van der Waals surface area contributed by atoms with Gasteiger partial charge >= 0.3 is 0 Å². The molecule has 1 fully saturated rings. The van der Waals surface area contributed by atoms with Crippen LogP contribution in [0.2, 0.25) is 0 Å². The standard InChI is InChI=1S/C15H24N2O3S/c1-17(2)21(18,19)14-6-4-13(5-7-14)16-12-15(8-9-15)10-11-20-3/h4-7,16H,8-12H2,1-3H3. The fraction of sp³-hybridized carbons (Fsp3) is 0.600. The average molecular weight is 312 g/mol. The van der Waals surface area contributed by atoms with Crippen LogP contribution in [-0.4, -0.2) is 47.1 Å². The molecule has 0 aliphatic heterocycles. The van der Waals surface area contributed by atoms with Crippen molar-refractivity contribution in [3.8, 4) is 0 Å². The number of nitrogens with one attached hydrogen (secondary N) is 1. The summed E-state index contributed by atoms with van der Waals surface area (Å²) in [6.45, 7) is 1.71. The van der Waals surface area contributed by atoms with Crippen LogP contribution in [0.4, 0.5) is 5.69 Å². The molecule has 5 nitrogen and oxygen atoms in total. The topological polar surface area (TPSA) is 58.6 Å². The molecule has 1 aromatic rings. The third-order valence-electron chi connectivity index (χ3n) is 4.09. The second kappa shape index (κ2) is 6.34. The van der Waals surface area contributed by atoms with Crippen LogP contribution in [0.25, 0.3) is 0 Å². The molecule has 0 bridgehead atoms.